The predicted octanol–water partition coefficient (Wildman–Crippen LogP) is 1.30. The summed E-state index contributed by atoms with van der Waals surface area (Å²) >= 11 is 0. The summed E-state index contributed by atoms with van der Waals surface area (Å²) < 4.78 is 0. The molecule has 0 aromatic heterocycles. The first-order valence-electron chi connectivity index (χ1n) is 4.86. The fourth-order valence-electron chi connectivity index (χ4n) is 1.92. The first kappa shape index (κ1) is 9.98. The Morgan fingerprint density at radius 3 is 2.93 bits per heavy atom. The number of benzene rings is 1. The molecule has 2 rings (SSSR count). The van der Waals surface area contributed by atoms with E-state index in [9.17, 15) is 9.90 Å². The molecular weight excluding hydrogens is 194 g/mol. The number of aliphatic carboxylic acids is 1. The lowest BCUT2D eigenvalue weighted by atomic mass is 9.89. The van der Waals surface area contributed by atoms with E-state index in [4.69, 9.17) is 5.11 Å². The molecule has 0 bridgehead atoms. The van der Waals surface area contributed by atoms with Crippen molar-refractivity contribution >= 4 is 11.7 Å². The van der Waals surface area contributed by atoms with Crippen molar-refractivity contribution in [2.45, 2.75) is 25.5 Å². The molecule has 1 heterocycles. The van der Waals surface area contributed by atoms with Gasteiger partial charge in [-0.3, -0.25) is 4.79 Å². The molecule has 4 heteroatoms. The zero-order valence-electron chi connectivity index (χ0n) is 8.40. The number of anilines is 1. The second-order valence-electron chi connectivity index (χ2n) is 3.88. The van der Waals surface area contributed by atoms with Crippen LogP contribution < -0.4 is 5.32 Å². The maximum atomic E-state index is 11.0. The quantitative estimate of drug-likeness (QED) is 0.649. The highest BCUT2D eigenvalue weighted by atomic mass is 16.4. The van der Waals surface area contributed by atoms with Crippen molar-refractivity contribution < 1.29 is 15.0 Å². The lowest BCUT2D eigenvalue weighted by molar-refractivity contribution is -0.139. The third kappa shape index (κ3) is 1.80. The van der Waals surface area contributed by atoms with Crippen LogP contribution in [0.15, 0.2) is 18.2 Å². The molecule has 3 N–H and O–H groups in total. The van der Waals surface area contributed by atoms with E-state index in [1.807, 2.05) is 25.1 Å². The van der Waals surface area contributed by atoms with Crippen LogP contribution in [-0.2, 0) is 4.79 Å². The fourth-order valence-corrected chi connectivity index (χ4v) is 1.92. The maximum absolute atomic E-state index is 11.0. The van der Waals surface area contributed by atoms with E-state index in [1.165, 1.54) is 0 Å². The highest BCUT2D eigenvalue weighted by Crippen LogP contribution is 2.34. The van der Waals surface area contributed by atoms with Gasteiger partial charge in [-0.05, 0) is 18.6 Å². The van der Waals surface area contributed by atoms with Gasteiger partial charge in [0.15, 0.2) is 0 Å². The summed E-state index contributed by atoms with van der Waals surface area (Å²) in [5.74, 6) is -1.50. The molecule has 0 amide bonds. The van der Waals surface area contributed by atoms with Gasteiger partial charge in [-0.1, -0.05) is 17.7 Å². The van der Waals surface area contributed by atoms with Crippen LogP contribution in [-0.4, -0.2) is 22.4 Å². The smallest absolute Gasteiger partial charge is 0.311 e. The standard InChI is InChI=1S/C11H13NO3/c1-6-2-3-9-7(4-6)8(11(14)15)5-10(13)12-9/h2-4,8,10,12-13H,5H2,1H3,(H,14,15)/t8-,10-/m0/s1. The molecule has 0 saturated heterocycles. The number of rotatable bonds is 1. The second kappa shape index (κ2) is 3.55. The highest BCUT2D eigenvalue weighted by molar-refractivity contribution is 5.80. The number of aliphatic hydroxyl groups is 1. The summed E-state index contributed by atoms with van der Waals surface area (Å²) in [4.78, 5) is 11.0. The van der Waals surface area contributed by atoms with E-state index >= 15 is 0 Å². The van der Waals surface area contributed by atoms with Crippen molar-refractivity contribution in [3.8, 4) is 0 Å². The number of carboxylic acid groups (broad SMARTS) is 1. The van der Waals surface area contributed by atoms with Gasteiger partial charge in [-0.15, -0.1) is 0 Å². The van der Waals surface area contributed by atoms with Gasteiger partial charge in [0, 0.05) is 12.1 Å². The molecule has 15 heavy (non-hydrogen) atoms. The van der Waals surface area contributed by atoms with Gasteiger partial charge in [0.2, 0.25) is 0 Å². The molecule has 0 spiro atoms. The third-order valence-electron chi connectivity index (χ3n) is 2.66. The van der Waals surface area contributed by atoms with E-state index in [1.54, 1.807) is 0 Å². The second-order valence-corrected chi connectivity index (χ2v) is 3.88. The predicted molar refractivity (Wildman–Crippen MR) is 55.8 cm³/mol. The molecule has 0 unspecified atom stereocenters. The summed E-state index contributed by atoms with van der Waals surface area (Å²) in [5, 5.41) is 21.4. The number of hydrogen-bond donors (Lipinski definition) is 3. The molecule has 4 nitrogen and oxygen atoms in total. The van der Waals surface area contributed by atoms with E-state index in [-0.39, 0.29) is 6.42 Å². The minimum absolute atomic E-state index is 0.214. The number of hydrogen-bond acceptors (Lipinski definition) is 3. The molecule has 1 aromatic rings. The van der Waals surface area contributed by atoms with E-state index in [0.717, 1.165) is 11.1 Å². The number of carboxylic acids is 1. The Kier molecular flexibility index (Phi) is 2.36. The fraction of sp³-hybridized carbons (Fsp3) is 0.364. The Balaban J connectivity index is 2.47. The summed E-state index contributed by atoms with van der Waals surface area (Å²) in [6, 6.07) is 5.55. The summed E-state index contributed by atoms with van der Waals surface area (Å²) in [5.41, 5.74) is 2.50. The van der Waals surface area contributed by atoms with Gasteiger partial charge in [0.05, 0.1) is 5.92 Å². The van der Waals surface area contributed by atoms with Crippen LogP contribution in [0.25, 0.3) is 0 Å². The van der Waals surface area contributed by atoms with Gasteiger partial charge in [0.25, 0.3) is 0 Å². The summed E-state index contributed by atoms with van der Waals surface area (Å²) in [6.07, 6.45) is -0.562. The lowest BCUT2D eigenvalue weighted by Crippen LogP contribution is -2.31. The molecule has 1 aliphatic rings. The molecule has 0 aliphatic carbocycles. The lowest BCUT2D eigenvalue weighted by Gasteiger charge is -2.28. The van der Waals surface area contributed by atoms with Gasteiger partial charge in [-0.25, -0.2) is 0 Å². The van der Waals surface area contributed by atoms with Crippen molar-refractivity contribution in [3.05, 3.63) is 29.3 Å². The minimum Gasteiger partial charge on any atom is -0.481 e. The molecule has 0 radical (unpaired) electrons. The minimum atomic E-state index is -0.887. The number of aliphatic hydroxyl groups excluding tert-OH is 1. The first-order valence-corrected chi connectivity index (χ1v) is 4.86. The molecular formula is C11H13NO3. The normalized spacial score (nSPS) is 24.1. The molecule has 2 atom stereocenters. The van der Waals surface area contributed by atoms with E-state index in [0.29, 0.717) is 5.69 Å². The topological polar surface area (TPSA) is 69.6 Å². The van der Waals surface area contributed by atoms with Gasteiger partial charge in [0.1, 0.15) is 6.23 Å². The van der Waals surface area contributed by atoms with Crippen LogP contribution in [0.5, 0.6) is 0 Å². The highest BCUT2D eigenvalue weighted by Gasteiger charge is 2.30. The summed E-state index contributed by atoms with van der Waals surface area (Å²) in [6.45, 7) is 1.92. The average Bonchev–Trinajstić information content (AvgIpc) is 2.17. The largest absolute Gasteiger partial charge is 0.481 e. The van der Waals surface area contributed by atoms with Crippen LogP contribution >= 0.6 is 0 Å². The Labute approximate surface area is 87.6 Å². The molecule has 1 aliphatic heterocycles. The number of aryl methyl sites for hydroxylation is 1. The number of fused-ring (bicyclic) bond motifs is 1. The van der Waals surface area contributed by atoms with E-state index < -0.39 is 18.1 Å². The molecule has 1 aromatic carbocycles. The first-order chi connectivity index (χ1) is 7.08. The van der Waals surface area contributed by atoms with Crippen LogP contribution in [0.1, 0.15) is 23.5 Å². The van der Waals surface area contributed by atoms with Gasteiger partial charge >= 0.3 is 5.97 Å². The van der Waals surface area contributed by atoms with Crippen molar-refractivity contribution in [2.75, 3.05) is 5.32 Å². The van der Waals surface area contributed by atoms with E-state index in [2.05, 4.69) is 5.32 Å². The van der Waals surface area contributed by atoms with Crippen molar-refractivity contribution in [1.29, 1.82) is 0 Å². The average molecular weight is 207 g/mol. The van der Waals surface area contributed by atoms with Crippen molar-refractivity contribution in [2.24, 2.45) is 0 Å². The third-order valence-corrected chi connectivity index (χ3v) is 2.66. The SMILES string of the molecule is Cc1ccc2c(c1)[C@@H](C(=O)O)C[C@H](O)N2. The Morgan fingerprint density at radius 2 is 2.27 bits per heavy atom. The van der Waals surface area contributed by atoms with Crippen LogP contribution in [0, 0.1) is 6.92 Å². The molecule has 80 valence electrons. The Morgan fingerprint density at radius 1 is 1.53 bits per heavy atom. The van der Waals surface area contributed by atoms with Crippen LogP contribution in [0.2, 0.25) is 0 Å². The monoisotopic (exact) mass is 207 g/mol. The zero-order valence-corrected chi connectivity index (χ0v) is 8.40. The summed E-state index contributed by atoms with van der Waals surface area (Å²) in [7, 11) is 0. The zero-order chi connectivity index (χ0) is 11.0. The van der Waals surface area contributed by atoms with Gasteiger partial charge in [-0.2, -0.15) is 0 Å². The van der Waals surface area contributed by atoms with Crippen molar-refractivity contribution in [3.63, 3.8) is 0 Å². The van der Waals surface area contributed by atoms with Crippen LogP contribution in [0.3, 0.4) is 0 Å². The number of carbonyl (C=O) groups is 1. The van der Waals surface area contributed by atoms with Gasteiger partial charge < -0.3 is 15.5 Å². The van der Waals surface area contributed by atoms with Crippen LogP contribution in [0.4, 0.5) is 5.69 Å². The molecule has 0 saturated carbocycles. The Bertz CT molecular complexity index is 403. The maximum Gasteiger partial charge on any atom is 0.311 e. The molecule has 0 fully saturated rings. The van der Waals surface area contributed by atoms with Crippen molar-refractivity contribution in [1.82, 2.24) is 0 Å². The number of nitrogens with one attached hydrogen (secondary N) is 1. The Hall–Kier alpha value is -1.55.